The van der Waals surface area contributed by atoms with Crippen LogP contribution in [-0.2, 0) is 43.6 Å². The van der Waals surface area contributed by atoms with Crippen molar-refractivity contribution < 1.29 is 43.6 Å². The van der Waals surface area contributed by atoms with Crippen LogP contribution in [0.4, 0.5) is 0 Å². The Kier molecular flexibility index (Phi) is 14.7. The first-order valence-electron chi connectivity index (χ1n) is 14.3. The summed E-state index contributed by atoms with van der Waals surface area (Å²) < 4.78 is 12.2. The van der Waals surface area contributed by atoms with E-state index in [2.05, 4.69) is 27.7 Å². The Hall–Kier alpha value is -1.06. The Morgan fingerprint density at radius 3 is 1.21 bits per heavy atom. The zero-order valence-electron chi connectivity index (χ0n) is 23.5. The van der Waals surface area contributed by atoms with Crippen molar-refractivity contribution in [1.29, 1.82) is 0 Å². The molecule has 0 saturated heterocycles. The first-order chi connectivity index (χ1) is 17.5. The number of hydrogen-bond acceptors (Lipinski definition) is 4. The molecule has 6 heteroatoms. The second-order valence-electron chi connectivity index (χ2n) is 11.5. The van der Waals surface area contributed by atoms with Gasteiger partial charge in [-0.05, 0) is 49.4 Å². The SMILES string of the molecule is CC(C)[C@H]1COC(C2CCCC2C2CCCC2C2=N[C@@H](C(C)C)CO2)=N1.[CH]1C=CC=C1.[CH]1C=CC=C1.[Fe].[Fe]. The zero-order chi connectivity index (χ0) is 25.3. The zero-order valence-corrected chi connectivity index (χ0v) is 25.7. The molecule has 0 bridgehead atoms. The normalized spacial score (nSPS) is 32.1. The Morgan fingerprint density at radius 2 is 0.947 bits per heavy atom. The van der Waals surface area contributed by atoms with Crippen LogP contribution in [0.2, 0.25) is 0 Å². The topological polar surface area (TPSA) is 43.2 Å². The molecule has 212 valence electrons. The maximum atomic E-state index is 6.10. The van der Waals surface area contributed by atoms with Gasteiger partial charge in [0.05, 0.1) is 12.1 Å². The summed E-state index contributed by atoms with van der Waals surface area (Å²) in [6.45, 7) is 10.6. The van der Waals surface area contributed by atoms with Crippen LogP contribution in [0.3, 0.4) is 0 Å². The van der Waals surface area contributed by atoms with E-state index in [4.69, 9.17) is 19.5 Å². The molecule has 2 saturated carbocycles. The standard InChI is InChI=1S/C22H36N2O2.2C5H5.2Fe/c1-13(2)19-11-25-21(23-19)17-9-5-7-15(17)16-8-6-10-18(16)22-24-20(12-26-22)14(3)4;2*1-2-4-5-3-1;;/h13-20H,5-12H2,1-4H3;2*1-5H;;/t15?,16?,17?,18?,19-,20-;;;;/m1..../s1. The average Bonchev–Trinajstić information content (AvgIpc) is 3.72. The van der Waals surface area contributed by atoms with Crippen LogP contribution in [-0.4, -0.2) is 37.1 Å². The quantitative estimate of drug-likeness (QED) is 0.309. The van der Waals surface area contributed by atoms with Crippen molar-refractivity contribution in [2.24, 2.45) is 45.5 Å². The molecule has 38 heavy (non-hydrogen) atoms. The van der Waals surface area contributed by atoms with Crippen molar-refractivity contribution >= 4 is 11.8 Å². The molecule has 2 heterocycles. The van der Waals surface area contributed by atoms with E-state index in [1.807, 2.05) is 61.4 Å². The number of allylic oxidation sites excluding steroid dienone is 8. The van der Waals surface area contributed by atoms with Gasteiger partial charge < -0.3 is 9.47 Å². The van der Waals surface area contributed by atoms with Gasteiger partial charge in [-0.2, -0.15) is 0 Å². The van der Waals surface area contributed by atoms with Gasteiger partial charge in [-0.25, -0.2) is 9.98 Å². The maximum absolute atomic E-state index is 6.10. The molecule has 6 aliphatic rings. The summed E-state index contributed by atoms with van der Waals surface area (Å²) in [5.74, 6) is 5.77. The molecular formula is C32H46Fe2N2O2. The van der Waals surface area contributed by atoms with E-state index in [0.717, 1.165) is 25.0 Å². The van der Waals surface area contributed by atoms with Gasteiger partial charge in [0.1, 0.15) is 13.2 Å². The van der Waals surface area contributed by atoms with Crippen molar-refractivity contribution in [3.63, 3.8) is 0 Å². The van der Waals surface area contributed by atoms with Crippen LogP contribution in [0.5, 0.6) is 0 Å². The molecule has 0 amide bonds. The first-order valence-corrected chi connectivity index (χ1v) is 14.3. The van der Waals surface area contributed by atoms with Gasteiger partial charge in [-0.1, -0.05) is 89.1 Å². The van der Waals surface area contributed by atoms with E-state index < -0.39 is 0 Å². The molecule has 0 spiro atoms. The molecule has 0 aromatic carbocycles. The van der Waals surface area contributed by atoms with Gasteiger partial charge in [0, 0.05) is 58.8 Å². The largest absolute Gasteiger partial charge is 0.478 e. The molecule has 2 aliphatic heterocycles. The van der Waals surface area contributed by atoms with E-state index in [1.54, 1.807) is 0 Å². The molecule has 0 N–H and O–H groups in total. The molecule has 0 aromatic heterocycles. The molecule has 6 atom stereocenters. The second kappa shape index (κ2) is 16.9. The Morgan fingerprint density at radius 1 is 0.579 bits per heavy atom. The van der Waals surface area contributed by atoms with Gasteiger partial charge >= 0.3 is 0 Å². The first kappa shape index (κ1) is 33.1. The predicted octanol–water partition coefficient (Wildman–Crippen LogP) is 7.35. The molecule has 6 rings (SSSR count). The Labute approximate surface area is 252 Å². The van der Waals surface area contributed by atoms with Gasteiger partial charge in [0.25, 0.3) is 0 Å². The van der Waals surface area contributed by atoms with Crippen LogP contribution in [0.15, 0.2) is 58.6 Å². The maximum Gasteiger partial charge on any atom is 0.187 e. The molecule has 0 aromatic rings. The van der Waals surface area contributed by atoms with E-state index in [0.29, 0.717) is 47.6 Å². The van der Waals surface area contributed by atoms with E-state index >= 15 is 0 Å². The van der Waals surface area contributed by atoms with Crippen molar-refractivity contribution in [1.82, 2.24) is 0 Å². The summed E-state index contributed by atoms with van der Waals surface area (Å²) in [7, 11) is 0. The van der Waals surface area contributed by atoms with E-state index in [9.17, 15) is 0 Å². The second-order valence-corrected chi connectivity index (χ2v) is 11.5. The summed E-state index contributed by atoms with van der Waals surface area (Å²) >= 11 is 0. The van der Waals surface area contributed by atoms with Gasteiger partial charge in [-0.3, -0.25) is 0 Å². The third-order valence-electron chi connectivity index (χ3n) is 8.36. The smallest absolute Gasteiger partial charge is 0.187 e. The minimum absolute atomic E-state index is 0. The van der Waals surface area contributed by atoms with Crippen molar-refractivity contribution in [3.8, 4) is 0 Å². The number of aliphatic imine (C=N–C) groups is 2. The molecular weight excluding hydrogens is 556 g/mol. The Bertz CT molecular complexity index is 798. The monoisotopic (exact) mass is 602 g/mol. The summed E-state index contributed by atoms with van der Waals surface area (Å²) in [5.41, 5.74) is 0. The fraction of sp³-hybridized carbons (Fsp3) is 0.625. The molecule has 2 radical (unpaired) electrons. The number of rotatable bonds is 5. The van der Waals surface area contributed by atoms with Crippen LogP contribution < -0.4 is 0 Å². The van der Waals surface area contributed by atoms with Crippen molar-refractivity contribution in [3.05, 3.63) is 61.4 Å². The van der Waals surface area contributed by atoms with E-state index in [1.165, 1.54) is 38.5 Å². The predicted molar refractivity (Wildman–Crippen MR) is 151 cm³/mol. The van der Waals surface area contributed by atoms with Crippen LogP contribution in [0.25, 0.3) is 0 Å². The number of ether oxygens (including phenoxy) is 2. The van der Waals surface area contributed by atoms with Crippen LogP contribution >= 0.6 is 0 Å². The molecule has 4 aliphatic carbocycles. The minimum atomic E-state index is 0. The summed E-state index contributed by atoms with van der Waals surface area (Å²) in [5, 5.41) is 0. The molecule has 4 unspecified atom stereocenters. The summed E-state index contributed by atoms with van der Waals surface area (Å²) in [6, 6.07) is 0.722. The number of nitrogens with zero attached hydrogens (tertiary/aromatic N) is 2. The van der Waals surface area contributed by atoms with Gasteiger partial charge in [0.15, 0.2) is 11.8 Å². The molecule has 4 nitrogen and oxygen atoms in total. The van der Waals surface area contributed by atoms with Crippen molar-refractivity contribution in [2.45, 2.75) is 78.3 Å². The minimum Gasteiger partial charge on any atom is -0.478 e. The fourth-order valence-corrected chi connectivity index (χ4v) is 6.16. The van der Waals surface area contributed by atoms with Crippen molar-refractivity contribution in [2.75, 3.05) is 13.2 Å². The Balaban J connectivity index is 0.000000354. The number of hydrogen-bond donors (Lipinski definition) is 0. The molecule has 2 fully saturated rings. The van der Waals surface area contributed by atoms with Gasteiger partial charge in [-0.15, -0.1) is 0 Å². The van der Waals surface area contributed by atoms with Gasteiger partial charge in [0.2, 0.25) is 0 Å². The summed E-state index contributed by atoms with van der Waals surface area (Å²) in [6.07, 6.45) is 27.8. The third kappa shape index (κ3) is 8.98. The third-order valence-corrected chi connectivity index (χ3v) is 8.36. The fourth-order valence-electron chi connectivity index (χ4n) is 6.16. The average molecular weight is 602 g/mol. The van der Waals surface area contributed by atoms with Crippen LogP contribution in [0, 0.1) is 48.3 Å². The van der Waals surface area contributed by atoms with Crippen LogP contribution in [0.1, 0.15) is 66.2 Å². The summed E-state index contributed by atoms with van der Waals surface area (Å²) in [4.78, 5) is 9.96. The van der Waals surface area contributed by atoms with E-state index in [-0.39, 0.29) is 34.1 Å².